The molecule has 0 saturated heterocycles. The number of pyridine rings is 1. The van der Waals surface area contributed by atoms with E-state index in [9.17, 15) is 17.6 Å². The molecule has 0 spiro atoms. The molecule has 1 aromatic carbocycles. The van der Waals surface area contributed by atoms with E-state index < -0.39 is 21.7 Å². The van der Waals surface area contributed by atoms with E-state index in [1.807, 2.05) is 0 Å². The molecule has 104 valence electrons. The number of anilines is 1. The first-order valence-electron chi connectivity index (χ1n) is 5.41. The van der Waals surface area contributed by atoms with Crippen LogP contribution >= 0.6 is 0 Å². The summed E-state index contributed by atoms with van der Waals surface area (Å²) in [6.45, 7) is 0. The molecule has 2 aromatic rings. The number of hydrogen-bond acceptors (Lipinski definition) is 4. The number of sulfonamides is 1. The number of carbonyl (C=O) groups excluding carboxylic acids is 1. The summed E-state index contributed by atoms with van der Waals surface area (Å²) in [4.78, 5) is 15.3. The van der Waals surface area contributed by atoms with Gasteiger partial charge in [0.15, 0.2) is 0 Å². The quantitative estimate of drug-likeness (QED) is 0.885. The molecule has 3 N–H and O–H groups in total. The average molecular weight is 295 g/mol. The van der Waals surface area contributed by atoms with Crippen LogP contribution in [0.2, 0.25) is 0 Å². The van der Waals surface area contributed by atoms with Crippen molar-refractivity contribution in [2.45, 2.75) is 4.90 Å². The molecule has 0 aliphatic rings. The molecule has 0 fully saturated rings. The molecule has 0 saturated carbocycles. The Bertz CT molecular complexity index is 748. The third kappa shape index (κ3) is 3.16. The van der Waals surface area contributed by atoms with Crippen LogP contribution < -0.4 is 10.5 Å². The van der Waals surface area contributed by atoms with Crippen molar-refractivity contribution >= 4 is 21.6 Å². The van der Waals surface area contributed by atoms with Gasteiger partial charge in [0.2, 0.25) is 10.0 Å². The topological polar surface area (TPSA) is 102 Å². The van der Waals surface area contributed by atoms with Gasteiger partial charge in [-0.1, -0.05) is 0 Å². The molecule has 20 heavy (non-hydrogen) atoms. The lowest BCUT2D eigenvalue weighted by molar-refractivity contribution is 0.102. The van der Waals surface area contributed by atoms with Crippen LogP contribution in [0.25, 0.3) is 0 Å². The molecule has 8 heteroatoms. The van der Waals surface area contributed by atoms with Crippen molar-refractivity contribution in [1.82, 2.24) is 4.98 Å². The number of nitrogens with two attached hydrogens (primary N) is 1. The molecule has 1 amide bonds. The number of nitrogens with zero attached hydrogens (tertiary/aromatic N) is 1. The molecule has 6 nitrogen and oxygen atoms in total. The fraction of sp³-hybridized carbons (Fsp3) is 0. The fourth-order valence-electron chi connectivity index (χ4n) is 1.55. The maximum absolute atomic E-state index is 13.2. The summed E-state index contributed by atoms with van der Waals surface area (Å²) >= 11 is 0. The highest BCUT2D eigenvalue weighted by atomic mass is 32.2. The minimum atomic E-state index is -4.07. The maximum atomic E-state index is 13.2. The summed E-state index contributed by atoms with van der Waals surface area (Å²) in [6.07, 6.45) is 2.81. The van der Waals surface area contributed by atoms with Crippen molar-refractivity contribution in [2.75, 3.05) is 5.32 Å². The summed E-state index contributed by atoms with van der Waals surface area (Å²) in [5.74, 6) is -1.29. The first kappa shape index (κ1) is 14.1. The molecular formula is C12H10FN3O3S. The predicted molar refractivity (Wildman–Crippen MR) is 70.0 cm³/mol. The Morgan fingerprint density at radius 2 is 1.85 bits per heavy atom. The van der Waals surface area contributed by atoms with E-state index in [1.54, 1.807) is 0 Å². The second-order valence-corrected chi connectivity index (χ2v) is 5.41. The van der Waals surface area contributed by atoms with Crippen LogP contribution in [-0.4, -0.2) is 19.3 Å². The third-order valence-corrected chi connectivity index (χ3v) is 3.41. The Balaban J connectivity index is 2.39. The first-order valence-corrected chi connectivity index (χ1v) is 6.96. The number of amides is 1. The van der Waals surface area contributed by atoms with Gasteiger partial charge in [0.1, 0.15) is 10.7 Å². The lowest BCUT2D eigenvalue weighted by Gasteiger charge is -2.09. The molecule has 1 aromatic heterocycles. The highest BCUT2D eigenvalue weighted by Crippen LogP contribution is 2.21. The smallest absolute Gasteiger partial charge is 0.255 e. The lowest BCUT2D eigenvalue weighted by Crippen LogP contribution is -2.18. The largest absolute Gasteiger partial charge is 0.321 e. The number of hydrogen-bond donors (Lipinski definition) is 2. The van der Waals surface area contributed by atoms with E-state index in [0.717, 1.165) is 18.2 Å². The van der Waals surface area contributed by atoms with Gasteiger partial charge < -0.3 is 5.32 Å². The number of aromatic nitrogens is 1. The molecule has 0 aliphatic carbocycles. The summed E-state index contributed by atoms with van der Waals surface area (Å²) in [6, 6.07) is 5.70. The molecule has 0 aliphatic heterocycles. The van der Waals surface area contributed by atoms with Crippen molar-refractivity contribution in [3.63, 3.8) is 0 Å². The predicted octanol–water partition coefficient (Wildman–Crippen LogP) is 1.12. The van der Waals surface area contributed by atoms with Gasteiger partial charge >= 0.3 is 0 Å². The maximum Gasteiger partial charge on any atom is 0.255 e. The number of benzene rings is 1. The van der Waals surface area contributed by atoms with E-state index in [-0.39, 0.29) is 16.1 Å². The van der Waals surface area contributed by atoms with Crippen LogP contribution in [0.15, 0.2) is 47.6 Å². The van der Waals surface area contributed by atoms with Crippen molar-refractivity contribution in [3.05, 3.63) is 54.1 Å². The van der Waals surface area contributed by atoms with Crippen LogP contribution in [0, 0.1) is 5.82 Å². The van der Waals surface area contributed by atoms with Crippen LogP contribution in [0.3, 0.4) is 0 Å². The minimum Gasteiger partial charge on any atom is -0.321 e. The van der Waals surface area contributed by atoms with Gasteiger partial charge in [0, 0.05) is 18.0 Å². The zero-order chi connectivity index (χ0) is 14.8. The van der Waals surface area contributed by atoms with Gasteiger partial charge in [-0.2, -0.15) is 0 Å². The molecule has 0 bridgehead atoms. The van der Waals surface area contributed by atoms with E-state index in [2.05, 4.69) is 10.3 Å². The molecular weight excluding hydrogens is 285 g/mol. The zero-order valence-electron chi connectivity index (χ0n) is 10.1. The van der Waals surface area contributed by atoms with Gasteiger partial charge in [-0.25, -0.2) is 17.9 Å². The van der Waals surface area contributed by atoms with Gasteiger partial charge in [0.05, 0.1) is 5.69 Å². The number of carbonyl (C=O) groups is 1. The van der Waals surface area contributed by atoms with Gasteiger partial charge in [-0.05, 0) is 30.3 Å². The van der Waals surface area contributed by atoms with Gasteiger partial charge in [-0.15, -0.1) is 0 Å². The van der Waals surface area contributed by atoms with Crippen molar-refractivity contribution < 1.29 is 17.6 Å². The Morgan fingerprint density at radius 3 is 2.45 bits per heavy atom. The highest BCUT2D eigenvalue weighted by Gasteiger charge is 2.17. The fourth-order valence-corrected chi connectivity index (χ4v) is 2.22. The number of nitrogens with one attached hydrogen (secondary N) is 1. The monoisotopic (exact) mass is 295 g/mol. The van der Waals surface area contributed by atoms with Crippen molar-refractivity contribution in [3.8, 4) is 0 Å². The van der Waals surface area contributed by atoms with Gasteiger partial charge in [0.25, 0.3) is 5.91 Å². The molecule has 2 rings (SSSR count). The summed E-state index contributed by atoms with van der Waals surface area (Å²) in [7, 11) is -4.07. The van der Waals surface area contributed by atoms with Crippen LogP contribution in [0.4, 0.5) is 10.1 Å². The molecule has 1 heterocycles. The van der Waals surface area contributed by atoms with Crippen molar-refractivity contribution in [2.24, 2.45) is 5.14 Å². The highest BCUT2D eigenvalue weighted by molar-refractivity contribution is 7.89. The third-order valence-electron chi connectivity index (χ3n) is 2.44. The number of halogens is 1. The standard InChI is InChI=1S/C12H10FN3O3S/c13-9-1-2-11(20(14,18)19)10(7-9)16-12(17)8-3-5-15-6-4-8/h1-7H,(H,16,17)(H2,14,18,19). The van der Waals surface area contributed by atoms with E-state index in [0.29, 0.717) is 0 Å². The summed E-state index contributed by atoms with van der Waals surface area (Å²) < 4.78 is 35.9. The van der Waals surface area contributed by atoms with E-state index in [4.69, 9.17) is 5.14 Å². The molecule has 0 radical (unpaired) electrons. The first-order chi connectivity index (χ1) is 9.38. The Hall–Kier alpha value is -2.32. The summed E-state index contributed by atoms with van der Waals surface area (Å²) in [5, 5.41) is 7.32. The molecule has 0 unspecified atom stereocenters. The summed E-state index contributed by atoms with van der Waals surface area (Å²) in [5.41, 5.74) is 0.0407. The zero-order valence-corrected chi connectivity index (χ0v) is 10.9. The Kier molecular flexibility index (Phi) is 3.77. The van der Waals surface area contributed by atoms with E-state index >= 15 is 0 Å². The lowest BCUT2D eigenvalue weighted by atomic mass is 10.2. The number of primary sulfonamides is 1. The van der Waals surface area contributed by atoms with Gasteiger partial charge in [-0.3, -0.25) is 9.78 Å². The van der Waals surface area contributed by atoms with Crippen LogP contribution in [0.5, 0.6) is 0 Å². The molecule has 0 atom stereocenters. The van der Waals surface area contributed by atoms with Crippen LogP contribution in [0.1, 0.15) is 10.4 Å². The van der Waals surface area contributed by atoms with E-state index in [1.165, 1.54) is 24.5 Å². The second-order valence-electron chi connectivity index (χ2n) is 3.88. The normalized spacial score (nSPS) is 11.1. The van der Waals surface area contributed by atoms with Crippen molar-refractivity contribution in [1.29, 1.82) is 0 Å². The second kappa shape index (κ2) is 5.35. The Morgan fingerprint density at radius 1 is 1.20 bits per heavy atom. The SMILES string of the molecule is NS(=O)(=O)c1ccc(F)cc1NC(=O)c1ccncc1. The van der Waals surface area contributed by atoms with Crippen LogP contribution in [-0.2, 0) is 10.0 Å². The number of rotatable bonds is 3. The minimum absolute atomic E-state index is 0.214. The average Bonchev–Trinajstić information content (AvgIpc) is 2.38. The Labute approximate surface area is 114 Å².